The predicted octanol–water partition coefficient (Wildman–Crippen LogP) is 4.63. The van der Waals surface area contributed by atoms with Gasteiger partial charge in [-0.05, 0) is 62.2 Å². The monoisotopic (exact) mass is 412 g/mol. The molecule has 0 bridgehead atoms. The SMILES string of the molecule is Cc1cc(Nc2ccc(NC(=O)c3cc4ccccn4c3)cc2)nc(N2CCCC2)n1. The number of fused-ring (bicyclic) bond motifs is 1. The lowest BCUT2D eigenvalue weighted by Gasteiger charge is -2.17. The second-order valence-corrected chi connectivity index (χ2v) is 7.81. The topological polar surface area (TPSA) is 74.6 Å². The van der Waals surface area contributed by atoms with Gasteiger partial charge in [-0.25, -0.2) is 4.98 Å². The molecule has 156 valence electrons. The number of rotatable bonds is 5. The van der Waals surface area contributed by atoms with Crippen LogP contribution in [0.15, 0.2) is 67.0 Å². The molecule has 5 rings (SSSR count). The smallest absolute Gasteiger partial charge is 0.257 e. The minimum absolute atomic E-state index is 0.133. The van der Waals surface area contributed by atoms with E-state index in [4.69, 9.17) is 0 Å². The van der Waals surface area contributed by atoms with Crippen LogP contribution in [0.3, 0.4) is 0 Å². The Hall–Kier alpha value is -3.87. The van der Waals surface area contributed by atoms with E-state index in [0.29, 0.717) is 5.56 Å². The van der Waals surface area contributed by atoms with Crippen LogP contribution in [0.25, 0.3) is 5.52 Å². The van der Waals surface area contributed by atoms with E-state index in [1.807, 2.05) is 78.3 Å². The highest BCUT2D eigenvalue weighted by Gasteiger charge is 2.16. The van der Waals surface area contributed by atoms with Crippen LogP contribution in [0.5, 0.6) is 0 Å². The summed E-state index contributed by atoms with van der Waals surface area (Å²) in [5.74, 6) is 1.42. The van der Waals surface area contributed by atoms with Crippen molar-refractivity contribution in [1.29, 1.82) is 0 Å². The van der Waals surface area contributed by atoms with Crippen molar-refractivity contribution in [3.8, 4) is 0 Å². The maximum Gasteiger partial charge on any atom is 0.257 e. The van der Waals surface area contributed by atoms with Gasteiger partial charge in [0, 0.05) is 54.1 Å². The van der Waals surface area contributed by atoms with E-state index in [2.05, 4.69) is 25.5 Å². The van der Waals surface area contributed by atoms with Gasteiger partial charge in [-0.15, -0.1) is 0 Å². The molecule has 4 aromatic rings. The molecule has 0 atom stereocenters. The number of pyridine rings is 1. The van der Waals surface area contributed by atoms with Crippen LogP contribution in [0, 0.1) is 6.92 Å². The zero-order chi connectivity index (χ0) is 21.2. The quantitative estimate of drug-likeness (QED) is 0.500. The molecule has 0 saturated carbocycles. The van der Waals surface area contributed by atoms with Crippen molar-refractivity contribution in [2.45, 2.75) is 19.8 Å². The van der Waals surface area contributed by atoms with Crippen molar-refractivity contribution in [1.82, 2.24) is 14.4 Å². The fraction of sp³-hybridized carbons (Fsp3) is 0.208. The zero-order valence-corrected chi connectivity index (χ0v) is 17.4. The van der Waals surface area contributed by atoms with Gasteiger partial charge in [-0.3, -0.25) is 4.79 Å². The van der Waals surface area contributed by atoms with Gasteiger partial charge in [0.2, 0.25) is 5.95 Å². The summed E-state index contributed by atoms with van der Waals surface area (Å²) in [7, 11) is 0. The molecular formula is C24H24N6O. The van der Waals surface area contributed by atoms with Crippen molar-refractivity contribution in [3.05, 3.63) is 78.2 Å². The van der Waals surface area contributed by atoms with E-state index in [-0.39, 0.29) is 5.91 Å². The molecule has 1 amide bonds. The molecule has 2 N–H and O–H groups in total. The van der Waals surface area contributed by atoms with E-state index < -0.39 is 0 Å². The van der Waals surface area contributed by atoms with Crippen LogP contribution in [0.1, 0.15) is 28.9 Å². The third kappa shape index (κ3) is 4.21. The van der Waals surface area contributed by atoms with Crippen molar-refractivity contribution in [3.63, 3.8) is 0 Å². The number of anilines is 4. The zero-order valence-electron chi connectivity index (χ0n) is 17.4. The summed E-state index contributed by atoms with van der Waals surface area (Å²) in [5, 5.41) is 6.30. The summed E-state index contributed by atoms with van der Waals surface area (Å²) in [6.45, 7) is 4.00. The van der Waals surface area contributed by atoms with Gasteiger partial charge < -0.3 is 19.9 Å². The first-order chi connectivity index (χ1) is 15.1. The summed E-state index contributed by atoms with van der Waals surface area (Å²) in [4.78, 5) is 24.1. The first kappa shape index (κ1) is 19.1. The fourth-order valence-electron chi connectivity index (χ4n) is 3.84. The summed E-state index contributed by atoms with van der Waals surface area (Å²) in [6, 6.07) is 17.3. The molecule has 0 aliphatic carbocycles. The molecule has 3 aromatic heterocycles. The van der Waals surface area contributed by atoms with Crippen LogP contribution in [0.4, 0.5) is 23.1 Å². The number of aryl methyl sites for hydroxylation is 1. The number of hydrogen-bond acceptors (Lipinski definition) is 5. The molecule has 0 radical (unpaired) electrons. The fourth-order valence-corrected chi connectivity index (χ4v) is 3.84. The molecule has 1 aromatic carbocycles. The Labute approximate surface area is 180 Å². The number of hydrogen-bond donors (Lipinski definition) is 2. The van der Waals surface area contributed by atoms with Crippen LogP contribution < -0.4 is 15.5 Å². The third-order valence-corrected chi connectivity index (χ3v) is 5.41. The Kier molecular flexibility index (Phi) is 5.00. The Morgan fingerprint density at radius 3 is 2.52 bits per heavy atom. The van der Waals surface area contributed by atoms with Crippen LogP contribution in [0.2, 0.25) is 0 Å². The van der Waals surface area contributed by atoms with Crippen LogP contribution in [-0.4, -0.2) is 33.4 Å². The largest absolute Gasteiger partial charge is 0.341 e. The van der Waals surface area contributed by atoms with E-state index in [0.717, 1.165) is 47.4 Å². The van der Waals surface area contributed by atoms with E-state index in [1.54, 1.807) is 0 Å². The van der Waals surface area contributed by atoms with Gasteiger partial charge in [0.25, 0.3) is 5.91 Å². The summed E-state index contributed by atoms with van der Waals surface area (Å²) < 4.78 is 1.93. The second-order valence-electron chi connectivity index (χ2n) is 7.81. The lowest BCUT2D eigenvalue weighted by molar-refractivity contribution is 0.102. The molecule has 1 fully saturated rings. The Bertz CT molecular complexity index is 1190. The molecule has 1 saturated heterocycles. The molecule has 31 heavy (non-hydrogen) atoms. The van der Waals surface area contributed by atoms with Gasteiger partial charge in [-0.1, -0.05) is 6.07 Å². The minimum Gasteiger partial charge on any atom is -0.341 e. The number of nitrogens with one attached hydrogen (secondary N) is 2. The number of nitrogens with zero attached hydrogens (tertiary/aromatic N) is 4. The van der Waals surface area contributed by atoms with Crippen molar-refractivity contribution in [2.24, 2.45) is 0 Å². The molecule has 4 heterocycles. The molecule has 0 spiro atoms. The summed E-state index contributed by atoms with van der Waals surface area (Å²) in [5.41, 5.74) is 4.18. The number of carbonyl (C=O) groups excluding carboxylic acids is 1. The number of aromatic nitrogens is 3. The lowest BCUT2D eigenvalue weighted by Crippen LogP contribution is -2.21. The van der Waals surface area contributed by atoms with E-state index in [1.165, 1.54) is 12.8 Å². The standard InChI is InChI=1S/C24H24N6O/c1-17-14-22(28-24(25-17)29-11-4-5-12-29)26-19-7-9-20(10-8-19)27-23(31)18-15-21-6-2-3-13-30(21)16-18/h2-3,6-10,13-16H,4-5,11-12H2,1H3,(H,27,31)(H,25,26,28). The molecule has 1 aliphatic rings. The first-order valence-corrected chi connectivity index (χ1v) is 10.5. The highest BCUT2D eigenvalue weighted by molar-refractivity contribution is 6.05. The Morgan fingerprint density at radius 1 is 0.968 bits per heavy atom. The Balaban J connectivity index is 1.27. The number of carbonyl (C=O) groups is 1. The average Bonchev–Trinajstić information content (AvgIpc) is 3.45. The van der Waals surface area contributed by atoms with Gasteiger partial charge in [0.1, 0.15) is 5.82 Å². The average molecular weight is 412 g/mol. The van der Waals surface area contributed by atoms with Gasteiger partial charge in [-0.2, -0.15) is 4.98 Å². The van der Waals surface area contributed by atoms with Gasteiger partial charge in [0.05, 0.1) is 5.56 Å². The highest BCUT2D eigenvalue weighted by atomic mass is 16.1. The second kappa shape index (κ2) is 8.10. The lowest BCUT2D eigenvalue weighted by atomic mass is 10.2. The maximum absolute atomic E-state index is 12.6. The number of amides is 1. The van der Waals surface area contributed by atoms with Crippen molar-refractivity contribution >= 4 is 34.6 Å². The molecule has 0 unspecified atom stereocenters. The molecule has 1 aliphatic heterocycles. The minimum atomic E-state index is -0.133. The molecular weight excluding hydrogens is 388 g/mol. The van der Waals surface area contributed by atoms with Gasteiger partial charge >= 0.3 is 0 Å². The molecule has 7 nitrogen and oxygen atoms in total. The third-order valence-electron chi connectivity index (χ3n) is 5.41. The van der Waals surface area contributed by atoms with Crippen molar-refractivity contribution < 1.29 is 4.79 Å². The van der Waals surface area contributed by atoms with Crippen LogP contribution >= 0.6 is 0 Å². The predicted molar refractivity (Wildman–Crippen MR) is 123 cm³/mol. The Morgan fingerprint density at radius 2 is 1.74 bits per heavy atom. The van der Waals surface area contributed by atoms with Crippen LogP contribution in [-0.2, 0) is 0 Å². The van der Waals surface area contributed by atoms with E-state index in [9.17, 15) is 4.79 Å². The highest BCUT2D eigenvalue weighted by Crippen LogP contribution is 2.22. The summed E-state index contributed by atoms with van der Waals surface area (Å²) >= 11 is 0. The maximum atomic E-state index is 12.6. The normalized spacial score (nSPS) is 13.5. The van der Waals surface area contributed by atoms with Crippen molar-refractivity contribution in [2.75, 3.05) is 28.6 Å². The molecule has 7 heteroatoms. The van der Waals surface area contributed by atoms with Gasteiger partial charge in [0.15, 0.2) is 0 Å². The van der Waals surface area contributed by atoms with E-state index >= 15 is 0 Å². The number of benzene rings is 1. The first-order valence-electron chi connectivity index (χ1n) is 10.5. The summed E-state index contributed by atoms with van der Waals surface area (Å²) in [6.07, 6.45) is 6.13.